The number of rotatable bonds is 4. The molecule has 2 aromatic carbocycles. The number of carbonyl (C=O) groups is 1. The van der Waals surface area contributed by atoms with E-state index < -0.39 is 61.7 Å². The molecule has 1 atom stereocenters. The van der Waals surface area contributed by atoms with Gasteiger partial charge in [0.1, 0.15) is 10.5 Å². The van der Waals surface area contributed by atoms with E-state index >= 15 is 0 Å². The van der Waals surface area contributed by atoms with Crippen molar-refractivity contribution < 1.29 is 44.5 Å². The molecule has 1 N–H and O–H groups in total. The van der Waals surface area contributed by atoms with Gasteiger partial charge in [-0.15, -0.1) is 0 Å². The van der Waals surface area contributed by atoms with E-state index in [4.69, 9.17) is 0 Å². The molecule has 0 saturated carbocycles. The summed E-state index contributed by atoms with van der Waals surface area (Å²) in [5.74, 6) is -14.7. The lowest BCUT2D eigenvalue weighted by Gasteiger charge is -2.10. The highest BCUT2D eigenvalue weighted by atomic mass is 32.2. The van der Waals surface area contributed by atoms with Gasteiger partial charge in [-0.25, -0.2) is 26.7 Å². The predicted octanol–water partition coefficient (Wildman–Crippen LogP) is 2.98. The van der Waals surface area contributed by atoms with Crippen LogP contribution in [0, 0.1) is 29.1 Å². The Hall–Kier alpha value is -2.53. The Kier molecular flexibility index (Phi) is 5.33. The molecule has 1 unspecified atom stereocenters. The van der Waals surface area contributed by atoms with Crippen LogP contribution >= 0.6 is 0 Å². The van der Waals surface area contributed by atoms with Crippen LogP contribution in [0.4, 0.5) is 22.0 Å². The fourth-order valence-corrected chi connectivity index (χ4v) is 2.73. The summed E-state index contributed by atoms with van der Waals surface area (Å²) in [6.07, 6.45) is -0.928. The highest BCUT2D eigenvalue weighted by Crippen LogP contribution is 2.25. The lowest BCUT2D eigenvalue weighted by Crippen LogP contribution is -2.19. The van der Waals surface area contributed by atoms with Crippen LogP contribution in [0.15, 0.2) is 29.2 Å². The molecule has 0 amide bonds. The first-order valence-corrected chi connectivity index (χ1v) is 8.16. The second-order valence-corrected chi connectivity index (χ2v) is 6.56. The Labute approximate surface area is 143 Å². The second-order valence-electron chi connectivity index (χ2n) is 5.01. The van der Waals surface area contributed by atoms with Crippen molar-refractivity contribution in [1.82, 2.24) is 0 Å². The smallest absolute Gasteiger partial charge is 0.360 e. The van der Waals surface area contributed by atoms with Crippen LogP contribution in [0.25, 0.3) is 0 Å². The van der Waals surface area contributed by atoms with Crippen LogP contribution in [0.5, 0.6) is 0 Å². The molecular formula is C15H9F5O5S. The normalized spacial score (nSPS) is 12.7. The summed E-state index contributed by atoms with van der Waals surface area (Å²) in [6.45, 7) is 1.40. The van der Waals surface area contributed by atoms with Crippen molar-refractivity contribution in [3.8, 4) is 0 Å². The molecule has 0 saturated heterocycles. The molecule has 26 heavy (non-hydrogen) atoms. The maximum absolute atomic E-state index is 13.5. The SMILES string of the molecule is CC(O)c1ccc(S(=O)(=O)OC(=O)c2c(F)c(F)c(F)c(F)c2F)cc1. The molecule has 11 heteroatoms. The van der Waals surface area contributed by atoms with Gasteiger partial charge < -0.3 is 9.29 Å². The maximum Gasteiger partial charge on any atom is 0.360 e. The van der Waals surface area contributed by atoms with Crippen LogP contribution in [0.2, 0.25) is 0 Å². The van der Waals surface area contributed by atoms with Gasteiger partial charge in [-0.2, -0.15) is 8.42 Å². The average molecular weight is 396 g/mol. The molecule has 5 nitrogen and oxygen atoms in total. The molecule has 0 fully saturated rings. The highest BCUT2D eigenvalue weighted by molar-refractivity contribution is 7.87. The third-order valence-electron chi connectivity index (χ3n) is 3.25. The molecule has 2 aromatic rings. The first-order chi connectivity index (χ1) is 12.0. The fraction of sp³-hybridized carbons (Fsp3) is 0.133. The van der Waals surface area contributed by atoms with Gasteiger partial charge in [0.2, 0.25) is 5.82 Å². The molecule has 0 aliphatic carbocycles. The van der Waals surface area contributed by atoms with E-state index in [0.29, 0.717) is 5.56 Å². The van der Waals surface area contributed by atoms with Crippen LogP contribution in [-0.4, -0.2) is 19.5 Å². The monoisotopic (exact) mass is 396 g/mol. The van der Waals surface area contributed by atoms with Crippen molar-refractivity contribution in [1.29, 1.82) is 0 Å². The average Bonchev–Trinajstić information content (AvgIpc) is 2.58. The Morgan fingerprint density at radius 3 is 1.77 bits per heavy atom. The third-order valence-corrected chi connectivity index (χ3v) is 4.47. The van der Waals surface area contributed by atoms with Gasteiger partial charge in [0.25, 0.3) is 0 Å². The van der Waals surface area contributed by atoms with E-state index in [0.717, 1.165) is 12.1 Å². The summed E-state index contributed by atoms with van der Waals surface area (Å²) in [5.41, 5.74) is -1.72. The van der Waals surface area contributed by atoms with Gasteiger partial charge in [-0.05, 0) is 24.6 Å². The molecule has 0 aliphatic rings. The lowest BCUT2D eigenvalue weighted by molar-refractivity contribution is 0.0733. The summed E-state index contributed by atoms with van der Waals surface area (Å²) in [6, 6.07) is 4.18. The first-order valence-electron chi connectivity index (χ1n) is 6.75. The van der Waals surface area contributed by atoms with Crippen LogP contribution in [-0.2, 0) is 14.3 Å². The summed E-state index contributed by atoms with van der Waals surface area (Å²) >= 11 is 0. The number of halogens is 5. The predicted molar refractivity (Wildman–Crippen MR) is 75.9 cm³/mol. The van der Waals surface area contributed by atoms with Crippen molar-refractivity contribution in [2.75, 3.05) is 0 Å². The van der Waals surface area contributed by atoms with E-state index in [9.17, 15) is 40.3 Å². The van der Waals surface area contributed by atoms with Crippen molar-refractivity contribution in [3.05, 3.63) is 64.5 Å². The minimum absolute atomic E-state index is 0.315. The van der Waals surface area contributed by atoms with Crippen molar-refractivity contribution in [2.24, 2.45) is 0 Å². The van der Waals surface area contributed by atoms with E-state index in [1.165, 1.54) is 19.1 Å². The largest absolute Gasteiger partial charge is 0.389 e. The zero-order valence-electron chi connectivity index (χ0n) is 12.8. The summed E-state index contributed by atoms with van der Waals surface area (Å²) in [7, 11) is -4.92. The van der Waals surface area contributed by atoms with Gasteiger partial charge >= 0.3 is 16.1 Å². The zero-order chi connectivity index (χ0) is 19.8. The van der Waals surface area contributed by atoms with Crippen LogP contribution in [0.3, 0.4) is 0 Å². The van der Waals surface area contributed by atoms with Gasteiger partial charge in [-0.3, -0.25) is 0 Å². The van der Waals surface area contributed by atoms with Gasteiger partial charge in [0.05, 0.1) is 6.10 Å². The van der Waals surface area contributed by atoms with Crippen molar-refractivity contribution in [3.63, 3.8) is 0 Å². The summed E-state index contributed by atoms with van der Waals surface area (Å²) in [5, 5.41) is 9.33. The van der Waals surface area contributed by atoms with Gasteiger partial charge in [-0.1, -0.05) is 12.1 Å². The van der Waals surface area contributed by atoms with Crippen LogP contribution < -0.4 is 0 Å². The number of carbonyl (C=O) groups excluding carboxylic acids is 1. The molecule has 0 radical (unpaired) electrons. The minimum Gasteiger partial charge on any atom is -0.389 e. The van der Waals surface area contributed by atoms with Crippen LogP contribution in [0.1, 0.15) is 28.9 Å². The van der Waals surface area contributed by atoms with E-state index in [1.807, 2.05) is 0 Å². The van der Waals surface area contributed by atoms with E-state index in [1.54, 1.807) is 0 Å². The zero-order valence-corrected chi connectivity index (χ0v) is 13.6. The number of hydrogen-bond donors (Lipinski definition) is 1. The summed E-state index contributed by atoms with van der Waals surface area (Å²) in [4.78, 5) is 11.0. The molecule has 0 aromatic heterocycles. The third kappa shape index (κ3) is 3.53. The molecule has 0 heterocycles. The Bertz CT molecular complexity index is 942. The fourth-order valence-electron chi connectivity index (χ4n) is 1.89. The first kappa shape index (κ1) is 19.8. The number of hydrogen-bond acceptors (Lipinski definition) is 5. The molecule has 2 rings (SSSR count). The van der Waals surface area contributed by atoms with Crippen molar-refractivity contribution in [2.45, 2.75) is 17.9 Å². The second kappa shape index (κ2) is 7.00. The number of benzene rings is 2. The number of aliphatic hydroxyl groups is 1. The lowest BCUT2D eigenvalue weighted by atomic mass is 10.1. The standard InChI is InChI=1S/C15H9F5O5S/c1-6(21)7-2-4-8(5-3-7)26(23,24)25-15(22)9-10(16)12(18)14(20)13(19)11(9)17/h2-6,21H,1H3. The number of aliphatic hydroxyl groups excluding tert-OH is 1. The maximum atomic E-state index is 13.5. The molecule has 0 spiro atoms. The molecule has 0 aliphatic heterocycles. The Morgan fingerprint density at radius 1 is 0.923 bits per heavy atom. The van der Waals surface area contributed by atoms with Crippen molar-refractivity contribution >= 4 is 16.1 Å². The highest BCUT2D eigenvalue weighted by Gasteiger charge is 2.33. The topological polar surface area (TPSA) is 80.7 Å². The van der Waals surface area contributed by atoms with E-state index in [2.05, 4.69) is 4.18 Å². The Balaban J connectivity index is 2.41. The minimum atomic E-state index is -4.92. The van der Waals surface area contributed by atoms with Gasteiger partial charge in [0.15, 0.2) is 23.3 Å². The van der Waals surface area contributed by atoms with Gasteiger partial charge in [0, 0.05) is 0 Å². The quantitative estimate of drug-likeness (QED) is 0.372. The molecular weight excluding hydrogens is 387 g/mol. The molecule has 140 valence electrons. The summed E-state index contributed by atoms with van der Waals surface area (Å²) < 4.78 is 94.0. The Morgan fingerprint density at radius 2 is 1.35 bits per heavy atom. The van der Waals surface area contributed by atoms with E-state index in [-0.39, 0.29) is 0 Å². The molecule has 0 bridgehead atoms.